The van der Waals surface area contributed by atoms with Crippen LogP contribution in [0.2, 0.25) is 0 Å². The number of H-pyrrole nitrogens is 2. The Bertz CT molecular complexity index is 1790. The van der Waals surface area contributed by atoms with Crippen LogP contribution in [0.5, 0.6) is 0 Å². The van der Waals surface area contributed by atoms with Gasteiger partial charge in [-0.2, -0.15) is 5.10 Å². The summed E-state index contributed by atoms with van der Waals surface area (Å²) in [6.07, 6.45) is 6.76. The Morgan fingerprint density at radius 1 is 0.974 bits per heavy atom. The molecule has 5 aromatic heterocycles. The van der Waals surface area contributed by atoms with Gasteiger partial charge < -0.3 is 15.2 Å². The number of benzene rings is 1. The first-order valence-electron chi connectivity index (χ1n) is 11.9. The topological polar surface area (TPSA) is 115 Å². The van der Waals surface area contributed by atoms with Crippen molar-refractivity contribution in [2.45, 2.75) is 0 Å². The van der Waals surface area contributed by atoms with Crippen molar-refractivity contribution < 1.29 is 9.18 Å². The summed E-state index contributed by atoms with van der Waals surface area (Å²) in [5.41, 5.74) is 6.88. The first-order chi connectivity index (χ1) is 18.4. The van der Waals surface area contributed by atoms with Gasteiger partial charge in [-0.25, -0.2) is 9.37 Å². The molecule has 0 aliphatic carbocycles. The second-order valence-corrected chi connectivity index (χ2v) is 9.25. The summed E-state index contributed by atoms with van der Waals surface area (Å²) >= 11 is 0. The molecule has 1 amide bonds. The molecule has 38 heavy (non-hydrogen) atoms. The van der Waals surface area contributed by atoms with Gasteiger partial charge in [0, 0.05) is 28.7 Å². The van der Waals surface area contributed by atoms with E-state index in [2.05, 4.69) is 35.5 Å². The maximum atomic E-state index is 13.5. The van der Waals surface area contributed by atoms with Crippen LogP contribution < -0.4 is 5.32 Å². The van der Waals surface area contributed by atoms with E-state index in [0.717, 1.165) is 44.4 Å². The Kier molecular flexibility index (Phi) is 5.85. The molecule has 0 radical (unpaired) electrons. The Balaban J connectivity index is 1.38. The van der Waals surface area contributed by atoms with E-state index in [4.69, 9.17) is 0 Å². The highest BCUT2D eigenvalue weighted by Crippen LogP contribution is 2.34. The van der Waals surface area contributed by atoms with Gasteiger partial charge in [0.05, 0.1) is 41.5 Å². The van der Waals surface area contributed by atoms with Gasteiger partial charge in [-0.1, -0.05) is 12.1 Å². The van der Waals surface area contributed by atoms with Crippen molar-refractivity contribution in [3.8, 4) is 33.8 Å². The molecule has 0 saturated carbocycles. The van der Waals surface area contributed by atoms with E-state index in [1.165, 1.54) is 12.1 Å². The van der Waals surface area contributed by atoms with E-state index < -0.39 is 0 Å². The van der Waals surface area contributed by atoms with Crippen molar-refractivity contribution in [1.29, 1.82) is 0 Å². The molecule has 3 N–H and O–H groups in total. The minimum absolute atomic E-state index is 0.123. The molecule has 0 aliphatic rings. The number of halogens is 1. The summed E-state index contributed by atoms with van der Waals surface area (Å²) in [4.78, 5) is 30.7. The molecule has 0 aliphatic heterocycles. The van der Waals surface area contributed by atoms with Gasteiger partial charge in [0.25, 0.3) is 0 Å². The number of nitrogens with zero attached hydrogens (tertiary/aromatic N) is 5. The van der Waals surface area contributed by atoms with Crippen LogP contribution in [0, 0.1) is 5.82 Å². The lowest BCUT2D eigenvalue weighted by Gasteiger charge is -2.10. The van der Waals surface area contributed by atoms with Gasteiger partial charge in [0.2, 0.25) is 5.91 Å². The lowest BCUT2D eigenvalue weighted by molar-refractivity contribution is -0.116. The average molecular weight is 507 g/mol. The molecule has 0 bridgehead atoms. The van der Waals surface area contributed by atoms with Crippen molar-refractivity contribution in [3.05, 3.63) is 79.1 Å². The monoisotopic (exact) mass is 506 g/mol. The van der Waals surface area contributed by atoms with E-state index in [9.17, 15) is 9.18 Å². The fourth-order valence-electron chi connectivity index (χ4n) is 4.45. The van der Waals surface area contributed by atoms with Gasteiger partial charge in [0.1, 0.15) is 17.2 Å². The first kappa shape index (κ1) is 23.4. The number of hydrogen-bond acceptors (Lipinski definition) is 6. The lowest BCUT2D eigenvalue weighted by atomic mass is 10.0. The van der Waals surface area contributed by atoms with Crippen LogP contribution >= 0.6 is 0 Å². The molecule has 188 valence electrons. The fourth-order valence-corrected chi connectivity index (χ4v) is 4.45. The number of likely N-dealkylation sites (N-methyl/N-ethyl adjacent to an activating group) is 1. The normalized spacial score (nSPS) is 11.5. The highest BCUT2D eigenvalue weighted by atomic mass is 19.1. The zero-order chi connectivity index (χ0) is 26.2. The smallest absolute Gasteiger partial charge is 0.238 e. The molecule has 0 unspecified atom stereocenters. The van der Waals surface area contributed by atoms with E-state index >= 15 is 0 Å². The maximum Gasteiger partial charge on any atom is 0.238 e. The number of aromatic nitrogens is 6. The summed E-state index contributed by atoms with van der Waals surface area (Å²) in [6.45, 7) is 0.273. The van der Waals surface area contributed by atoms with Crippen LogP contribution in [-0.4, -0.2) is 61.6 Å². The molecule has 0 fully saturated rings. The van der Waals surface area contributed by atoms with Gasteiger partial charge in [-0.3, -0.25) is 19.9 Å². The minimum atomic E-state index is -0.280. The third-order valence-corrected chi connectivity index (χ3v) is 6.17. The molecule has 5 heterocycles. The number of pyridine rings is 3. The number of amides is 1. The molecule has 6 rings (SSSR count). The van der Waals surface area contributed by atoms with E-state index in [1.54, 1.807) is 41.8 Å². The van der Waals surface area contributed by atoms with Gasteiger partial charge in [0.15, 0.2) is 0 Å². The SMILES string of the molecule is CN(C)CC(=O)Nc1cncc(-c2cc3c(-c4cc5c(-c6ccc(F)cc6)ccnc5[nH]4)n[nH]c3cn2)c1. The van der Waals surface area contributed by atoms with Crippen LogP contribution in [0.3, 0.4) is 0 Å². The quantitative estimate of drug-likeness (QED) is 0.297. The van der Waals surface area contributed by atoms with Gasteiger partial charge >= 0.3 is 0 Å². The third-order valence-electron chi connectivity index (χ3n) is 6.17. The van der Waals surface area contributed by atoms with Crippen LogP contribution in [0.15, 0.2) is 73.3 Å². The first-order valence-corrected chi connectivity index (χ1v) is 11.9. The number of carbonyl (C=O) groups excluding carboxylic acids is 1. The van der Waals surface area contributed by atoms with Crippen LogP contribution in [0.1, 0.15) is 0 Å². The van der Waals surface area contributed by atoms with E-state index in [1.807, 2.05) is 38.4 Å². The fraction of sp³-hybridized carbons (Fsp3) is 0.107. The van der Waals surface area contributed by atoms with Crippen LogP contribution in [0.4, 0.5) is 10.1 Å². The Morgan fingerprint density at radius 3 is 2.63 bits per heavy atom. The van der Waals surface area contributed by atoms with Crippen molar-refractivity contribution in [1.82, 2.24) is 35.0 Å². The highest BCUT2D eigenvalue weighted by molar-refractivity contribution is 6.00. The zero-order valence-corrected chi connectivity index (χ0v) is 20.7. The van der Waals surface area contributed by atoms with Crippen molar-refractivity contribution >= 4 is 33.5 Å². The molecule has 6 aromatic rings. The highest BCUT2D eigenvalue weighted by Gasteiger charge is 2.16. The summed E-state index contributed by atoms with van der Waals surface area (Å²) in [6, 6.07) is 14.1. The van der Waals surface area contributed by atoms with Crippen LogP contribution in [-0.2, 0) is 4.79 Å². The minimum Gasteiger partial charge on any atom is -0.338 e. The largest absolute Gasteiger partial charge is 0.338 e. The molecule has 0 saturated heterocycles. The standard InChI is InChI=1S/C28H23FN8O/c1-37(2)15-26(38)33-19-9-17(12-30-13-19)23-11-22-25(14-32-23)35-36-27(22)24-10-21-20(7-8-31-28(21)34-24)16-3-5-18(29)6-4-16/h3-14H,15H2,1-2H3,(H,31,34)(H,33,38)(H,35,36). The number of nitrogens with one attached hydrogen (secondary N) is 3. The van der Waals surface area contributed by atoms with Crippen LogP contribution in [0.25, 0.3) is 55.7 Å². The van der Waals surface area contributed by atoms with Gasteiger partial charge in [-0.05, 0) is 61.6 Å². The number of rotatable bonds is 6. The summed E-state index contributed by atoms with van der Waals surface area (Å²) in [5.74, 6) is -0.403. The Hall–Kier alpha value is -4.96. The molecule has 1 aromatic carbocycles. The van der Waals surface area contributed by atoms with Gasteiger partial charge in [-0.15, -0.1) is 0 Å². The summed E-state index contributed by atoms with van der Waals surface area (Å²) in [5, 5.41) is 12.2. The number of aromatic amines is 2. The zero-order valence-electron chi connectivity index (χ0n) is 20.7. The molecule has 0 spiro atoms. The number of anilines is 1. The summed E-state index contributed by atoms with van der Waals surface area (Å²) < 4.78 is 13.5. The molecule has 10 heteroatoms. The predicted molar refractivity (Wildman–Crippen MR) is 145 cm³/mol. The van der Waals surface area contributed by atoms with E-state index in [0.29, 0.717) is 17.0 Å². The van der Waals surface area contributed by atoms with Crippen molar-refractivity contribution in [2.75, 3.05) is 26.0 Å². The average Bonchev–Trinajstić information content (AvgIpc) is 3.52. The summed E-state index contributed by atoms with van der Waals surface area (Å²) in [7, 11) is 3.67. The second kappa shape index (κ2) is 9.49. The number of hydrogen-bond donors (Lipinski definition) is 3. The molecule has 9 nitrogen and oxygen atoms in total. The molecular formula is C28H23FN8O. The second-order valence-electron chi connectivity index (χ2n) is 9.25. The number of fused-ring (bicyclic) bond motifs is 2. The van der Waals surface area contributed by atoms with Crippen molar-refractivity contribution in [3.63, 3.8) is 0 Å². The predicted octanol–water partition coefficient (Wildman–Crippen LogP) is 4.87. The third kappa shape index (κ3) is 4.48. The number of carbonyl (C=O) groups is 1. The molecular weight excluding hydrogens is 483 g/mol. The Morgan fingerprint density at radius 2 is 1.82 bits per heavy atom. The van der Waals surface area contributed by atoms with E-state index in [-0.39, 0.29) is 18.3 Å². The Labute approximate surface area is 216 Å². The van der Waals surface area contributed by atoms with Crippen molar-refractivity contribution in [2.24, 2.45) is 0 Å². The lowest BCUT2D eigenvalue weighted by Crippen LogP contribution is -2.27. The molecule has 0 atom stereocenters. The maximum absolute atomic E-state index is 13.5.